The molecule has 5 heteroatoms. The molecule has 0 radical (unpaired) electrons. The highest BCUT2D eigenvalue weighted by atomic mass is 16.6. The van der Waals surface area contributed by atoms with Gasteiger partial charge in [0.15, 0.2) is 0 Å². The number of amides is 1. The van der Waals surface area contributed by atoms with Gasteiger partial charge in [-0.3, -0.25) is 4.79 Å². The van der Waals surface area contributed by atoms with Crippen LogP contribution in [0.2, 0.25) is 0 Å². The normalized spacial score (nSPS) is 29.1. The third-order valence-corrected chi connectivity index (χ3v) is 5.49. The second-order valence-corrected chi connectivity index (χ2v) is 7.14. The van der Waals surface area contributed by atoms with Gasteiger partial charge in [-0.2, -0.15) is 0 Å². The highest BCUT2D eigenvalue weighted by Crippen LogP contribution is 2.37. The van der Waals surface area contributed by atoms with E-state index >= 15 is 0 Å². The van der Waals surface area contributed by atoms with Crippen molar-refractivity contribution in [3.8, 4) is 5.75 Å². The van der Waals surface area contributed by atoms with E-state index in [0.717, 1.165) is 51.1 Å². The van der Waals surface area contributed by atoms with Crippen molar-refractivity contribution in [3.05, 3.63) is 30.3 Å². The van der Waals surface area contributed by atoms with Crippen molar-refractivity contribution in [3.63, 3.8) is 0 Å². The summed E-state index contributed by atoms with van der Waals surface area (Å²) in [5.41, 5.74) is -0.109. The molecule has 3 fully saturated rings. The number of benzene rings is 1. The number of ether oxygens (including phenoxy) is 3. The summed E-state index contributed by atoms with van der Waals surface area (Å²) in [4.78, 5) is 14.5. The number of carbonyl (C=O) groups is 1. The van der Waals surface area contributed by atoms with Crippen molar-refractivity contribution in [2.45, 2.75) is 37.4 Å². The Balaban J connectivity index is 1.30. The lowest BCUT2D eigenvalue weighted by atomic mass is 9.87. The van der Waals surface area contributed by atoms with E-state index in [0.29, 0.717) is 13.2 Å². The van der Waals surface area contributed by atoms with Gasteiger partial charge in [-0.1, -0.05) is 18.2 Å². The summed E-state index contributed by atoms with van der Waals surface area (Å²) < 4.78 is 17.5. The number of nitrogens with zero attached hydrogens (tertiary/aromatic N) is 1. The van der Waals surface area contributed by atoms with Gasteiger partial charge in [-0.25, -0.2) is 0 Å². The van der Waals surface area contributed by atoms with Crippen molar-refractivity contribution in [1.29, 1.82) is 0 Å². The van der Waals surface area contributed by atoms with Crippen LogP contribution in [0.3, 0.4) is 0 Å². The number of piperidine rings is 1. The fraction of sp³-hybridized carbons (Fsp3) is 0.632. The molecule has 3 heterocycles. The van der Waals surface area contributed by atoms with Crippen LogP contribution >= 0.6 is 0 Å². The Bertz CT molecular complexity index is 562. The molecule has 2 atom stereocenters. The molecule has 0 aromatic heterocycles. The molecule has 3 aliphatic rings. The maximum atomic E-state index is 12.5. The molecular weight excluding hydrogens is 306 g/mol. The zero-order valence-electron chi connectivity index (χ0n) is 14.0. The number of carbonyl (C=O) groups excluding carboxylic acids is 1. The average molecular weight is 331 g/mol. The SMILES string of the molecule is O=C([C@H]1CCOC1)N1CCC2(CC1)C[C@H](Oc1ccccc1)CO2. The fourth-order valence-electron chi connectivity index (χ4n) is 4.04. The molecule has 0 unspecified atom stereocenters. The monoisotopic (exact) mass is 331 g/mol. The van der Waals surface area contributed by atoms with E-state index in [9.17, 15) is 4.79 Å². The predicted octanol–water partition coefficient (Wildman–Crippen LogP) is 2.25. The van der Waals surface area contributed by atoms with E-state index in [1.807, 2.05) is 35.2 Å². The van der Waals surface area contributed by atoms with E-state index in [2.05, 4.69) is 0 Å². The van der Waals surface area contributed by atoms with E-state index in [4.69, 9.17) is 14.2 Å². The number of para-hydroxylation sites is 1. The largest absolute Gasteiger partial charge is 0.488 e. The Morgan fingerprint density at radius 3 is 2.67 bits per heavy atom. The molecule has 0 aliphatic carbocycles. The zero-order valence-corrected chi connectivity index (χ0v) is 14.0. The molecule has 1 amide bonds. The topological polar surface area (TPSA) is 48.0 Å². The molecule has 3 saturated heterocycles. The first kappa shape index (κ1) is 15.9. The van der Waals surface area contributed by atoms with E-state index in [1.54, 1.807) is 0 Å². The molecule has 1 aromatic carbocycles. The van der Waals surface area contributed by atoms with Crippen LogP contribution in [0.1, 0.15) is 25.7 Å². The summed E-state index contributed by atoms with van der Waals surface area (Å²) in [6.45, 7) is 3.51. The van der Waals surface area contributed by atoms with Gasteiger partial charge in [0, 0.05) is 26.1 Å². The van der Waals surface area contributed by atoms with Crippen molar-refractivity contribution in [1.82, 2.24) is 4.90 Å². The molecule has 0 N–H and O–H groups in total. The number of likely N-dealkylation sites (tertiary alicyclic amines) is 1. The number of hydrogen-bond acceptors (Lipinski definition) is 4. The van der Waals surface area contributed by atoms with Crippen LogP contribution in [0.5, 0.6) is 5.75 Å². The maximum Gasteiger partial charge on any atom is 0.228 e. The van der Waals surface area contributed by atoms with Crippen LogP contribution in [-0.2, 0) is 14.3 Å². The first-order chi connectivity index (χ1) is 11.7. The Morgan fingerprint density at radius 2 is 1.96 bits per heavy atom. The Hall–Kier alpha value is -1.59. The lowest BCUT2D eigenvalue weighted by Gasteiger charge is -2.39. The Labute approximate surface area is 142 Å². The van der Waals surface area contributed by atoms with Gasteiger partial charge in [-0.15, -0.1) is 0 Å². The Kier molecular flexibility index (Phi) is 4.46. The second-order valence-electron chi connectivity index (χ2n) is 7.14. The minimum Gasteiger partial charge on any atom is -0.488 e. The van der Waals surface area contributed by atoms with Gasteiger partial charge in [0.05, 0.1) is 24.7 Å². The molecule has 5 nitrogen and oxygen atoms in total. The zero-order chi connectivity index (χ0) is 16.4. The lowest BCUT2D eigenvalue weighted by molar-refractivity contribution is -0.140. The third kappa shape index (κ3) is 3.28. The van der Waals surface area contributed by atoms with E-state index < -0.39 is 0 Å². The van der Waals surface area contributed by atoms with Crippen molar-refractivity contribution < 1.29 is 19.0 Å². The van der Waals surface area contributed by atoms with Gasteiger partial charge in [-0.05, 0) is 31.4 Å². The van der Waals surface area contributed by atoms with Crippen molar-refractivity contribution in [2.75, 3.05) is 32.9 Å². The molecule has 0 bridgehead atoms. The Morgan fingerprint density at radius 1 is 1.17 bits per heavy atom. The van der Waals surface area contributed by atoms with Gasteiger partial charge in [0.1, 0.15) is 11.9 Å². The average Bonchev–Trinajstić information content (AvgIpc) is 3.27. The molecule has 24 heavy (non-hydrogen) atoms. The standard InChI is InChI=1S/C19H25NO4/c21-18(15-6-11-22-13-15)20-9-7-19(8-10-20)12-17(14-23-19)24-16-4-2-1-3-5-16/h1-5,15,17H,6-14H2/t15-,17-/m0/s1. The quantitative estimate of drug-likeness (QED) is 0.852. The molecule has 3 aliphatic heterocycles. The third-order valence-electron chi connectivity index (χ3n) is 5.49. The minimum atomic E-state index is -0.109. The summed E-state index contributed by atoms with van der Waals surface area (Å²) in [7, 11) is 0. The van der Waals surface area contributed by atoms with Crippen LogP contribution in [0, 0.1) is 5.92 Å². The predicted molar refractivity (Wildman–Crippen MR) is 88.9 cm³/mol. The molecule has 4 rings (SSSR count). The van der Waals surface area contributed by atoms with Gasteiger partial charge in [0.25, 0.3) is 0 Å². The summed E-state index contributed by atoms with van der Waals surface area (Å²) >= 11 is 0. The summed E-state index contributed by atoms with van der Waals surface area (Å²) in [5.74, 6) is 1.23. The highest BCUT2D eigenvalue weighted by Gasteiger charge is 2.45. The molecule has 1 spiro atoms. The molecular formula is C19H25NO4. The summed E-state index contributed by atoms with van der Waals surface area (Å²) in [6.07, 6.45) is 3.69. The molecule has 130 valence electrons. The van der Waals surface area contributed by atoms with Gasteiger partial charge < -0.3 is 19.1 Å². The smallest absolute Gasteiger partial charge is 0.228 e. The first-order valence-electron chi connectivity index (χ1n) is 8.96. The molecule has 0 saturated carbocycles. The van der Waals surface area contributed by atoms with E-state index in [-0.39, 0.29) is 23.5 Å². The maximum absolute atomic E-state index is 12.5. The summed E-state index contributed by atoms with van der Waals surface area (Å²) in [5, 5.41) is 0. The van der Waals surface area contributed by atoms with Crippen LogP contribution in [-0.4, -0.2) is 55.4 Å². The van der Waals surface area contributed by atoms with Crippen molar-refractivity contribution >= 4 is 5.91 Å². The van der Waals surface area contributed by atoms with Crippen LogP contribution in [0.25, 0.3) is 0 Å². The number of hydrogen-bond donors (Lipinski definition) is 0. The minimum absolute atomic E-state index is 0.0673. The molecule has 1 aromatic rings. The first-order valence-corrected chi connectivity index (χ1v) is 8.96. The van der Waals surface area contributed by atoms with Crippen LogP contribution in [0.4, 0.5) is 0 Å². The van der Waals surface area contributed by atoms with Crippen LogP contribution < -0.4 is 4.74 Å². The second kappa shape index (κ2) is 6.73. The van der Waals surface area contributed by atoms with Crippen LogP contribution in [0.15, 0.2) is 30.3 Å². The summed E-state index contributed by atoms with van der Waals surface area (Å²) in [6, 6.07) is 9.92. The highest BCUT2D eigenvalue weighted by molar-refractivity contribution is 5.79. The number of rotatable bonds is 3. The van der Waals surface area contributed by atoms with Gasteiger partial charge in [0.2, 0.25) is 5.91 Å². The van der Waals surface area contributed by atoms with Gasteiger partial charge >= 0.3 is 0 Å². The van der Waals surface area contributed by atoms with Crippen molar-refractivity contribution in [2.24, 2.45) is 5.92 Å². The van der Waals surface area contributed by atoms with E-state index in [1.165, 1.54) is 0 Å². The fourth-order valence-corrected chi connectivity index (χ4v) is 4.04. The lowest BCUT2D eigenvalue weighted by Crippen LogP contribution is -2.48.